The molecule has 0 radical (unpaired) electrons. The van der Waals surface area contributed by atoms with Gasteiger partial charge in [0, 0.05) is 31.1 Å². The van der Waals surface area contributed by atoms with Gasteiger partial charge in [-0.05, 0) is 25.1 Å². The van der Waals surface area contributed by atoms with Crippen LogP contribution >= 0.6 is 0 Å². The summed E-state index contributed by atoms with van der Waals surface area (Å²) in [5.41, 5.74) is 3.02. The Morgan fingerprint density at radius 1 is 1.32 bits per heavy atom. The summed E-state index contributed by atoms with van der Waals surface area (Å²) in [7, 11) is 1.86. The summed E-state index contributed by atoms with van der Waals surface area (Å²) in [6.45, 7) is 2.06. The van der Waals surface area contributed by atoms with E-state index in [4.69, 9.17) is 4.52 Å². The summed E-state index contributed by atoms with van der Waals surface area (Å²) < 4.78 is 6.66. The van der Waals surface area contributed by atoms with E-state index in [2.05, 4.69) is 20.6 Å². The first-order valence-corrected chi connectivity index (χ1v) is 6.78. The van der Waals surface area contributed by atoms with Crippen molar-refractivity contribution in [3.05, 3.63) is 53.8 Å². The van der Waals surface area contributed by atoms with Gasteiger partial charge in [-0.15, -0.1) is 0 Å². The molecule has 7 heteroatoms. The summed E-state index contributed by atoms with van der Waals surface area (Å²) in [4.78, 5) is 15.9. The molecule has 0 aliphatic rings. The van der Waals surface area contributed by atoms with Crippen LogP contribution < -0.4 is 5.32 Å². The monoisotopic (exact) mass is 297 g/mol. The van der Waals surface area contributed by atoms with E-state index in [1.807, 2.05) is 25.2 Å². The number of amides is 1. The second-order valence-corrected chi connectivity index (χ2v) is 4.89. The van der Waals surface area contributed by atoms with Gasteiger partial charge in [-0.3, -0.25) is 14.5 Å². The highest BCUT2D eigenvalue weighted by Crippen LogP contribution is 2.18. The van der Waals surface area contributed by atoms with Crippen LogP contribution in [0.1, 0.15) is 21.9 Å². The molecule has 112 valence electrons. The van der Waals surface area contributed by atoms with Crippen LogP contribution in [-0.4, -0.2) is 25.8 Å². The first kappa shape index (κ1) is 14.0. The van der Waals surface area contributed by atoms with Crippen molar-refractivity contribution >= 4 is 5.91 Å². The fourth-order valence-corrected chi connectivity index (χ4v) is 2.14. The van der Waals surface area contributed by atoms with Gasteiger partial charge in [-0.2, -0.15) is 5.10 Å². The number of aryl methyl sites for hydroxylation is 2. The van der Waals surface area contributed by atoms with Crippen molar-refractivity contribution < 1.29 is 9.32 Å². The largest absolute Gasteiger partial charge is 0.361 e. The SMILES string of the molecule is Cc1cc(C(=O)NCc2cc(-c3ccncc3)n(C)n2)no1. The predicted molar refractivity (Wildman–Crippen MR) is 78.8 cm³/mol. The Labute approximate surface area is 127 Å². The van der Waals surface area contributed by atoms with E-state index in [0.717, 1.165) is 17.0 Å². The van der Waals surface area contributed by atoms with E-state index < -0.39 is 0 Å². The number of rotatable bonds is 4. The maximum atomic E-state index is 11.9. The van der Waals surface area contributed by atoms with E-state index in [0.29, 0.717) is 12.3 Å². The molecule has 0 fully saturated rings. The third-order valence-corrected chi connectivity index (χ3v) is 3.20. The molecule has 0 aromatic carbocycles. The molecule has 1 amide bonds. The van der Waals surface area contributed by atoms with Crippen LogP contribution in [0.5, 0.6) is 0 Å². The lowest BCUT2D eigenvalue weighted by Gasteiger charge is -1.99. The molecule has 7 nitrogen and oxygen atoms in total. The molecular weight excluding hydrogens is 282 g/mol. The standard InChI is InChI=1S/C15H15N5O2/c1-10-7-13(19-22-10)15(21)17-9-12-8-14(20(2)18-12)11-3-5-16-6-4-11/h3-8H,9H2,1-2H3,(H,17,21). The van der Waals surface area contributed by atoms with E-state index in [-0.39, 0.29) is 11.6 Å². The molecule has 0 aliphatic heterocycles. The minimum absolute atomic E-state index is 0.266. The Kier molecular flexibility index (Phi) is 3.69. The second kappa shape index (κ2) is 5.80. The molecular formula is C15H15N5O2. The van der Waals surface area contributed by atoms with Gasteiger partial charge in [0.15, 0.2) is 5.69 Å². The van der Waals surface area contributed by atoms with E-state index in [9.17, 15) is 4.79 Å². The third kappa shape index (κ3) is 2.88. The summed E-state index contributed by atoms with van der Waals surface area (Å²) in [5, 5.41) is 10.8. The summed E-state index contributed by atoms with van der Waals surface area (Å²) >= 11 is 0. The van der Waals surface area contributed by atoms with Crippen LogP contribution in [0.3, 0.4) is 0 Å². The van der Waals surface area contributed by atoms with Crippen molar-refractivity contribution in [2.75, 3.05) is 0 Å². The van der Waals surface area contributed by atoms with Gasteiger partial charge in [0.25, 0.3) is 5.91 Å². The van der Waals surface area contributed by atoms with Crippen molar-refractivity contribution in [3.8, 4) is 11.3 Å². The molecule has 0 saturated heterocycles. The second-order valence-electron chi connectivity index (χ2n) is 4.89. The minimum atomic E-state index is -0.284. The van der Waals surface area contributed by atoms with Crippen LogP contribution in [0, 0.1) is 6.92 Å². The fourth-order valence-electron chi connectivity index (χ4n) is 2.14. The van der Waals surface area contributed by atoms with Gasteiger partial charge >= 0.3 is 0 Å². The topological polar surface area (TPSA) is 85.8 Å². The van der Waals surface area contributed by atoms with Crippen molar-refractivity contribution in [2.24, 2.45) is 7.05 Å². The number of pyridine rings is 1. The van der Waals surface area contributed by atoms with E-state index in [1.54, 1.807) is 30.1 Å². The molecule has 0 bridgehead atoms. The highest BCUT2D eigenvalue weighted by molar-refractivity contribution is 5.92. The minimum Gasteiger partial charge on any atom is -0.361 e. The highest BCUT2D eigenvalue weighted by atomic mass is 16.5. The first-order chi connectivity index (χ1) is 10.6. The van der Waals surface area contributed by atoms with Crippen molar-refractivity contribution in [2.45, 2.75) is 13.5 Å². The number of hydrogen-bond acceptors (Lipinski definition) is 5. The molecule has 3 aromatic rings. The zero-order valence-corrected chi connectivity index (χ0v) is 12.3. The van der Waals surface area contributed by atoms with E-state index in [1.165, 1.54) is 0 Å². The average molecular weight is 297 g/mol. The van der Waals surface area contributed by atoms with Crippen LogP contribution in [0.4, 0.5) is 0 Å². The van der Waals surface area contributed by atoms with Crippen molar-refractivity contribution in [3.63, 3.8) is 0 Å². The number of nitrogens with zero attached hydrogens (tertiary/aromatic N) is 4. The van der Waals surface area contributed by atoms with Gasteiger partial charge in [0.05, 0.1) is 17.9 Å². The summed E-state index contributed by atoms with van der Waals surface area (Å²) in [5.74, 6) is 0.316. The number of aromatic nitrogens is 4. The molecule has 3 aromatic heterocycles. The predicted octanol–water partition coefficient (Wildman–Crippen LogP) is 1.71. The Bertz CT molecular complexity index is 791. The van der Waals surface area contributed by atoms with Crippen LogP contribution in [0.25, 0.3) is 11.3 Å². The smallest absolute Gasteiger partial charge is 0.273 e. The van der Waals surface area contributed by atoms with Gasteiger partial charge in [0.1, 0.15) is 5.76 Å². The van der Waals surface area contributed by atoms with Gasteiger partial charge < -0.3 is 9.84 Å². The Hall–Kier alpha value is -2.96. The lowest BCUT2D eigenvalue weighted by Crippen LogP contribution is -2.23. The molecule has 3 heterocycles. The highest BCUT2D eigenvalue weighted by Gasteiger charge is 2.12. The zero-order valence-electron chi connectivity index (χ0n) is 12.3. The van der Waals surface area contributed by atoms with Crippen molar-refractivity contribution in [1.29, 1.82) is 0 Å². The zero-order chi connectivity index (χ0) is 15.5. The van der Waals surface area contributed by atoms with Crippen LogP contribution in [-0.2, 0) is 13.6 Å². The lowest BCUT2D eigenvalue weighted by atomic mass is 10.2. The van der Waals surface area contributed by atoms with Gasteiger partial charge in [-0.25, -0.2) is 0 Å². The van der Waals surface area contributed by atoms with E-state index >= 15 is 0 Å². The summed E-state index contributed by atoms with van der Waals surface area (Å²) in [6, 6.07) is 7.36. The molecule has 0 spiro atoms. The van der Waals surface area contributed by atoms with Gasteiger partial charge in [-0.1, -0.05) is 5.16 Å². The summed E-state index contributed by atoms with van der Waals surface area (Å²) in [6.07, 6.45) is 3.47. The van der Waals surface area contributed by atoms with Crippen molar-refractivity contribution in [1.82, 2.24) is 25.2 Å². The Morgan fingerprint density at radius 2 is 2.09 bits per heavy atom. The molecule has 22 heavy (non-hydrogen) atoms. The van der Waals surface area contributed by atoms with Crippen LogP contribution in [0.15, 0.2) is 41.2 Å². The Morgan fingerprint density at radius 3 is 2.77 bits per heavy atom. The fraction of sp³-hybridized carbons (Fsp3) is 0.200. The number of carbonyl (C=O) groups is 1. The maximum Gasteiger partial charge on any atom is 0.273 e. The molecule has 0 atom stereocenters. The normalized spacial score (nSPS) is 10.6. The van der Waals surface area contributed by atoms with Crippen LogP contribution in [0.2, 0.25) is 0 Å². The molecule has 1 N–H and O–H groups in total. The number of hydrogen-bond donors (Lipinski definition) is 1. The average Bonchev–Trinajstić information content (AvgIpc) is 3.12. The molecule has 0 saturated carbocycles. The maximum absolute atomic E-state index is 11.9. The number of carbonyl (C=O) groups excluding carboxylic acids is 1. The number of nitrogens with one attached hydrogen (secondary N) is 1. The lowest BCUT2D eigenvalue weighted by molar-refractivity contribution is 0.0941. The molecule has 0 aliphatic carbocycles. The third-order valence-electron chi connectivity index (χ3n) is 3.20. The quantitative estimate of drug-likeness (QED) is 0.792. The Balaban J connectivity index is 1.70. The molecule has 0 unspecified atom stereocenters. The first-order valence-electron chi connectivity index (χ1n) is 6.78. The van der Waals surface area contributed by atoms with Gasteiger partial charge in [0.2, 0.25) is 0 Å². The molecule has 3 rings (SSSR count).